The van der Waals surface area contributed by atoms with Gasteiger partial charge in [-0.15, -0.1) is 0 Å². The van der Waals surface area contributed by atoms with Crippen molar-refractivity contribution in [3.63, 3.8) is 0 Å². The number of aliphatic hydroxyl groups is 1. The van der Waals surface area contributed by atoms with Gasteiger partial charge in [-0.3, -0.25) is 9.36 Å². The normalized spacial score (nSPS) is 14.3. The zero-order valence-corrected chi connectivity index (χ0v) is 43.9. The maximum absolute atomic E-state index is 12.9. The van der Waals surface area contributed by atoms with Gasteiger partial charge in [0.25, 0.3) is 7.82 Å². The zero-order chi connectivity index (χ0) is 47.1. The molecule has 8 nitrogen and oxygen atoms in total. The molecule has 0 fully saturated rings. The number of nitrogens with zero attached hydrogens (tertiary/aromatic N) is 1. The highest BCUT2D eigenvalue weighted by molar-refractivity contribution is 7.45. The molecule has 1 amide bonds. The molecule has 0 saturated carbocycles. The fourth-order valence-electron chi connectivity index (χ4n) is 8.01. The van der Waals surface area contributed by atoms with Crippen LogP contribution in [0.5, 0.6) is 0 Å². The van der Waals surface area contributed by atoms with Gasteiger partial charge in [0, 0.05) is 6.42 Å². The van der Waals surface area contributed by atoms with Gasteiger partial charge in [0.2, 0.25) is 5.91 Å². The van der Waals surface area contributed by atoms with Crippen molar-refractivity contribution in [2.45, 2.75) is 270 Å². The Bertz CT molecular complexity index is 1140. The van der Waals surface area contributed by atoms with Gasteiger partial charge in [-0.25, -0.2) is 0 Å². The van der Waals surface area contributed by atoms with E-state index in [1.54, 1.807) is 6.08 Å². The largest absolute Gasteiger partial charge is 0.756 e. The number of aliphatic hydroxyl groups excluding tert-OH is 1. The standard InChI is InChI=1S/C55H107N2O6P/c1-6-8-10-12-14-16-18-20-22-24-25-26-27-28-29-30-31-32-33-35-37-39-41-43-45-47-49-55(59)56-53(52-63-64(60,61)62-51-50-57(3,4)5)54(58)48-46-44-42-40-38-36-34-23-21-19-17-15-13-11-9-7-2/h21,23,38,40,46,48,53-54,58H,6-20,22,24-37,39,41-45,47,49-52H2,1-5H3,(H-,56,59,60,61)/b23-21+,40-38+,48-46+. The van der Waals surface area contributed by atoms with Gasteiger partial charge < -0.3 is 28.8 Å². The van der Waals surface area contributed by atoms with Gasteiger partial charge in [0.1, 0.15) is 13.2 Å². The smallest absolute Gasteiger partial charge is 0.268 e. The van der Waals surface area contributed by atoms with Crippen molar-refractivity contribution < 1.29 is 32.9 Å². The highest BCUT2D eigenvalue weighted by atomic mass is 31.2. The van der Waals surface area contributed by atoms with E-state index in [4.69, 9.17) is 9.05 Å². The van der Waals surface area contributed by atoms with Gasteiger partial charge in [-0.2, -0.15) is 0 Å². The summed E-state index contributed by atoms with van der Waals surface area (Å²) in [5.41, 5.74) is 0. The summed E-state index contributed by atoms with van der Waals surface area (Å²) in [6.45, 7) is 4.63. The summed E-state index contributed by atoms with van der Waals surface area (Å²) < 4.78 is 23.3. The van der Waals surface area contributed by atoms with E-state index < -0.39 is 26.6 Å². The quantitative estimate of drug-likeness (QED) is 0.0272. The number of quaternary nitrogens is 1. The second kappa shape index (κ2) is 46.8. The summed E-state index contributed by atoms with van der Waals surface area (Å²) >= 11 is 0. The second-order valence-corrected chi connectivity index (χ2v) is 21.3. The van der Waals surface area contributed by atoms with Crippen molar-refractivity contribution in [1.82, 2.24) is 5.32 Å². The van der Waals surface area contributed by atoms with E-state index >= 15 is 0 Å². The molecule has 0 aromatic carbocycles. The van der Waals surface area contributed by atoms with Crippen molar-refractivity contribution in [2.75, 3.05) is 40.9 Å². The average Bonchev–Trinajstić information content (AvgIpc) is 3.25. The predicted octanol–water partition coefficient (Wildman–Crippen LogP) is 15.6. The van der Waals surface area contributed by atoms with Crippen LogP contribution in [0.3, 0.4) is 0 Å². The lowest BCUT2D eigenvalue weighted by Gasteiger charge is -2.29. The fourth-order valence-corrected chi connectivity index (χ4v) is 8.73. The van der Waals surface area contributed by atoms with Crippen molar-refractivity contribution in [3.05, 3.63) is 36.5 Å². The molecule has 0 aliphatic carbocycles. The number of carbonyl (C=O) groups is 1. The number of nitrogens with one attached hydrogen (secondary N) is 1. The van der Waals surface area contributed by atoms with Gasteiger partial charge in [0.05, 0.1) is 39.9 Å². The lowest BCUT2D eigenvalue weighted by Crippen LogP contribution is -2.45. The van der Waals surface area contributed by atoms with Crippen LogP contribution in [0.4, 0.5) is 0 Å². The molecule has 378 valence electrons. The van der Waals surface area contributed by atoms with Crippen molar-refractivity contribution in [2.24, 2.45) is 0 Å². The molecule has 9 heteroatoms. The molecule has 0 aromatic heterocycles. The first-order chi connectivity index (χ1) is 31.0. The summed E-state index contributed by atoms with van der Waals surface area (Å²) in [5, 5.41) is 13.8. The highest BCUT2D eigenvalue weighted by Crippen LogP contribution is 2.38. The number of hydrogen-bond donors (Lipinski definition) is 2. The topological polar surface area (TPSA) is 108 Å². The molecule has 3 atom stereocenters. The van der Waals surface area contributed by atoms with Crippen LogP contribution >= 0.6 is 7.82 Å². The third-order valence-corrected chi connectivity index (χ3v) is 13.3. The van der Waals surface area contributed by atoms with E-state index in [1.807, 2.05) is 27.2 Å². The highest BCUT2D eigenvalue weighted by Gasteiger charge is 2.23. The molecule has 0 aliphatic heterocycles. The second-order valence-electron chi connectivity index (χ2n) is 19.9. The molecule has 0 saturated heterocycles. The van der Waals surface area contributed by atoms with E-state index in [1.165, 1.54) is 193 Å². The molecule has 0 bridgehead atoms. The van der Waals surface area contributed by atoms with Crippen LogP contribution in [-0.4, -0.2) is 68.5 Å². The average molecular weight is 923 g/mol. The van der Waals surface area contributed by atoms with Crippen molar-refractivity contribution in [1.29, 1.82) is 0 Å². The van der Waals surface area contributed by atoms with Crippen LogP contribution in [0.1, 0.15) is 258 Å². The lowest BCUT2D eigenvalue weighted by molar-refractivity contribution is -0.870. The monoisotopic (exact) mass is 923 g/mol. The summed E-state index contributed by atoms with van der Waals surface area (Å²) in [7, 11) is 1.24. The Hall–Kier alpha value is -1.28. The summed E-state index contributed by atoms with van der Waals surface area (Å²) in [4.78, 5) is 25.4. The van der Waals surface area contributed by atoms with Gasteiger partial charge in [-0.1, -0.05) is 243 Å². The summed E-state index contributed by atoms with van der Waals surface area (Å²) in [5.74, 6) is -0.207. The molecule has 0 radical (unpaired) electrons. The third-order valence-electron chi connectivity index (χ3n) is 12.3. The molecule has 64 heavy (non-hydrogen) atoms. The van der Waals surface area contributed by atoms with Crippen LogP contribution in [0, 0.1) is 0 Å². The Balaban J connectivity index is 4.20. The Labute approximate surface area is 397 Å². The number of rotatable bonds is 50. The number of likely N-dealkylation sites (N-methyl/N-ethyl adjacent to an activating group) is 1. The Kier molecular flexibility index (Phi) is 45.9. The summed E-state index contributed by atoms with van der Waals surface area (Å²) in [6, 6.07) is -0.907. The summed E-state index contributed by atoms with van der Waals surface area (Å²) in [6.07, 6.45) is 59.4. The first-order valence-electron chi connectivity index (χ1n) is 27.4. The number of amides is 1. The number of allylic oxidation sites excluding steroid dienone is 5. The molecular weight excluding hydrogens is 816 g/mol. The molecule has 2 N–H and O–H groups in total. The molecule has 0 rings (SSSR count). The first-order valence-corrected chi connectivity index (χ1v) is 28.8. The van der Waals surface area contributed by atoms with Crippen molar-refractivity contribution >= 4 is 13.7 Å². The first kappa shape index (κ1) is 62.7. The number of unbranched alkanes of at least 4 members (excludes halogenated alkanes) is 33. The minimum atomic E-state index is -4.60. The zero-order valence-electron chi connectivity index (χ0n) is 43.0. The van der Waals surface area contributed by atoms with Crippen LogP contribution in [0.15, 0.2) is 36.5 Å². The third kappa shape index (κ3) is 48.6. The maximum Gasteiger partial charge on any atom is 0.268 e. The van der Waals surface area contributed by atoms with E-state index in [9.17, 15) is 19.4 Å². The SMILES string of the molecule is CCCCCCCC/C=C/CC/C=C/CC/C=C/C(O)C(COP(=O)([O-])OCC[N+](C)(C)C)NC(=O)CCCCCCCCCCCCCCCCCCCCCCCCCCCC. The molecule has 3 unspecified atom stereocenters. The Morgan fingerprint density at radius 2 is 0.875 bits per heavy atom. The van der Waals surface area contributed by atoms with E-state index in [2.05, 4.69) is 43.5 Å². The number of hydrogen-bond acceptors (Lipinski definition) is 6. The molecule has 0 aliphatic rings. The maximum atomic E-state index is 12.9. The van der Waals surface area contributed by atoms with Gasteiger partial charge in [-0.05, 0) is 44.9 Å². The number of phosphoric ester groups is 1. The Morgan fingerprint density at radius 1 is 0.531 bits per heavy atom. The minimum Gasteiger partial charge on any atom is -0.756 e. The van der Waals surface area contributed by atoms with Crippen LogP contribution in [0.25, 0.3) is 0 Å². The minimum absolute atomic E-state index is 0.00757. The van der Waals surface area contributed by atoms with Crippen LogP contribution in [0.2, 0.25) is 0 Å². The Morgan fingerprint density at radius 3 is 1.27 bits per heavy atom. The van der Waals surface area contributed by atoms with Gasteiger partial charge >= 0.3 is 0 Å². The van der Waals surface area contributed by atoms with E-state index in [0.29, 0.717) is 17.4 Å². The number of phosphoric acid groups is 1. The van der Waals surface area contributed by atoms with Gasteiger partial charge in [0.15, 0.2) is 0 Å². The molecule has 0 heterocycles. The molecule has 0 spiro atoms. The fraction of sp³-hybridized carbons (Fsp3) is 0.873. The van der Waals surface area contributed by atoms with Crippen LogP contribution < -0.4 is 10.2 Å². The van der Waals surface area contributed by atoms with Crippen LogP contribution in [-0.2, 0) is 18.4 Å². The lowest BCUT2D eigenvalue weighted by atomic mass is 10.0. The molecule has 0 aromatic rings. The van der Waals surface area contributed by atoms with E-state index in [-0.39, 0.29) is 12.5 Å². The van der Waals surface area contributed by atoms with E-state index in [0.717, 1.165) is 44.9 Å². The van der Waals surface area contributed by atoms with Crippen molar-refractivity contribution in [3.8, 4) is 0 Å². The number of carbonyl (C=O) groups excluding carboxylic acids is 1. The molecular formula is C55H107N2O6P. The predicted molar refractivity (Wildman–Crippen MR) is 275 cm³/mol.